The van der Waals surface area contributed by atoms with E-state index in [1.807, 2.05) is 24.3 Å². The van der Waals surface area contributed by atoms with E-state index in [-0.39, 0.29) is 5.91 Å². The Morgan fingerprint density at radius 1 is 1.09 bits per heavy atom. The lowest BCUT2D eigenvalue weighted by Gasteiger charge is -2.29. The fraction of sp³-hybridized carbons (Fsp3) is 0.176. The summed E-state index contributed by atoms with van der Waals surface area (Å²) in [6.07, 6.45) is 0. The van der Waals surface area contributed by atoms with Gasteiger partial charge in [-0.2, -0.15) is 0 Å². The molecule has 0 aliphatic carbocycles. The van der Waals surface area contributed by atoms with Gasteiger partial charge in [0.2, 0.25) is 0 Å². The summed E-state index contributed by atoms with van der Waals surface area (Å²) in [4.78, 5) is 26.0. The quantitative estimate of drug-likeness (QED) is 0.799. The van der Waals surface area contributed by atoms with Crippen molar-refractivity contribution < 1.29 is 19.1 Å². The van der Waals surface area contributed by atoms with Gasteiger partial charge in [-0.15, -0.1) is 0 Å². The number of rotatable bonds is 2. The maximum Gasteiger partial charge on any atom is 0.337 e. The van der Waals surface area contributed by atoms with Crippen LogP contribution in [-0.4, -0.2) is 32.1 Å². The lowest BCUT2D eigenvalue weighted by Crippen LogP contribution is -2.38. The molecular formula is C17H15NO4. The van der Waals surface area contributed by atoms with Gasteiger partial charge in [-0.05, 0) is 30.3 Å². The van der Waals surface area contributed by atoms with Crippen LogP contribution in [0.15, 0.2) is 48.5 Å². The van der Waals surface area contributed by atoms with Gasteiger partial charge in [-0.1, -0.05) is 18.2 Å². The number of esters is 1. The molecule has 0 unspecified atom stereocenters. The number of nitrogens with zero attached hydrogens (tertiary/aromatic N) is 1. The highest BCUT2D eigenvalue weighted by Crippen LogP contribution is 2.31. The minimum Gasteiger partial charge on any atom is -0.490 e. The van der Waals surface area contributed by atoms with Crippen molar-refractivity contribution in [2.24, 2.45) is 0 Å². The third-order valence-electron chi connectivity index (χ3n) is 3.50. The van der Waals surface area contributed by atoms with E-state index in [9.17, 15) is 9.59 Å². The molecular weight excluding hydrogens is 282 g/mol. The van der Waals surface area contributed by atoms with Crippen LogP contribution in [-0.2, 0) is 4.74 Å². The molecule has 1 aliphatic heterocycles. The lowest BCUT2D eigenvalue weighted by molar-refractivity contribution is 0.0600. The Bertz CT molecular complexity index is 726. The molecule has 1 amide bonds. The summed E-state index contributed by atoms with van der Waals surface area (Å²) >= 11 is 0. The van der Waals surface area contributed by atoms with Crippen molar-refractivity contribution in [1.82, 2.24) is 0 Å². The van der Waals surface area contributed by atoms with E-state index in [0.717, 1.165) is 5.69 Å². The summed E-state index contributed by atoms with van der Waals surface area (Å²) < 4.78 is 10.2. The maximum absolute atomic E-state index is 12.7. The molecule has 0 saturated carbocycles. The second-order valence-corrected chi connectivity index (χ2v) is 4.85. The SMILES string of the molecule is COC(=O)c1cccc(C(=O)N2CCOc3ccccc32)c1. The molecule has 0 bridgehead atoms. The molecule has 2 aromatic carbocycles. The number of carbonyl (C=O) groups is 2. The molecule has 5 nitrogen and oxygen atoms in total. The Morgan fingerprint density at radius 3 is 2.68 bits per heavy atom. The Labute approximate surface area is 128 Å². The minimum atomic E-state index is -0.461. The van der Waals surface area contributed by atoms with Crippen LogP contribution in [0.25, 0.3) is 0 Å². The summed E-state index contributed by atoms with van der Waals surface area (Å²) in [7, 11) is 1.31. The van der Waals surface area contributed by atoms with Crippen molar-refractivity contribution in [2.75, 3.05) is 25.2 Å². The zero-order chi connectivity index (χ0) is 15.5. The molecule has 2 aromatic rings. The van der Waals surface area contributed by atoms with Gasteiger partial charge in [0.1, 0.15) is 12.4 Å². The van der Waals surface area contributed by atoms with Crippen LogP contribution in [0.2, 0.25) is 0 Å². The Hall–Kier alpha value is -2.82. The number of anilines is 1. The van der Waals surface area contributed by atoms with Gasteiger partial charge in [-0.25, -0.2) is 4.79 Å². The van der Waals surface area contributed by atoms with E-state index in [4.69, 9.17) is 4.74 Å². The standard InChI is InChI=1S/C17H15NO4/c1-21-17(20)13-6-4-5-12(11-13)16(19)18-9-10-22-15-8-3-2-7-14(15)18/h2-8,11H,9-10H2,1H3. The van der Waals surface area contributed by atoms with Gasteiger partial charge >= 0.3 is 5.97 Å². The van der Waals surface area contributed by atoms with Crippen molar-refractivity contribution in [1.29, 1.82) is 0 Å². The van der Waals surface area contributed by atoms with E-state index in [1.54, 1.807) is 29.2 Å². The molecule has 0 spiro atoms. The van der Waals surface area contributed by atoms with Gasteiger partial charge < -0.3 is 14.4 Å². The van der Waals surface area contributed by atoms with E-state index < -0.39 is 5.97 Å². The minimum absolute atomic E-state index is 0.165. The second kappa shape index (κ2) is 5.89. The fourth-order valence-electron chi connectivity index (χ4n) is 2.43. The largest absolute Gasteiger partial charge is 0.490 e. The van der Waals surface area contributed by atoms with Crippen molar-refractivity contribution >= 4 is 17.6 Å². The average Bonchev–Trinajstić information content (AvgIpc) is 2.60. The number of benzene rings is 2. The second-order valence-electron chi connectivity index (χ2n) is 4.85. The highest BCUT2D eigenvalue weighted by Gasteiger charge is 2.24. The van der Waals surface area contributed by atoms with Crippen molar-refractivity contribution in [2.45, 2.75) is 0 Å². The van der Waals surface area contributed by atoms with Crippen molar-refractivity contribution in [3.8, 4) is 5.75 Å². The molecule has 5 heteroatoms. The van der Waals surface area contributed by atoms with Gasteiger partial charge in [0.15, 0.2) is 0 Å². The normalized spacial score (nSPS) is 13.0. The van der Waals surface area contributed by atoms with Gasteiger partial charge in [0.25, 0.3) is 5.91 Å². The number of amides is 1. The molecule has 0 N–H and O–H groups in total. The topological polar surface area (TPSA) is 55.8 Å². The van der Waals surface area contributed by atoms with Crippen LogP contribution in [0.4, 0.5) is 5.69 Å². The van der Waals surface area contributed by atoms with Gasteiger partial charge in [0.05, 0.1) is 24.9 Å². The monoisotopic (exact) mass is 297 g/mol. The molecule has 0 atom stereocenters. The summed E-state index contributed by atoms with van der Waals surface area (Å²) in [5.41, 5.74) is 1.54. The first-order chi connectivity index (χ1) is 10.7. The summed E-state index contributed by atoms with van der Waals surface area (Å²) in [5, 5.41) is 0. The highest BCUT2D eigenvalue weighted by atomic mass is 16.5. The predicted molar refractivity (Wildman–Crippen MR) is 81.4 cm³/mol. The van der Waals surface area contributed by atoms with E-state index in [0.29, 0.717) is 30.0 Å². The molecule has 0 aromatic heterocycles. The smallest absolute Gasteiger partial charge is 0.337 e. The number of carbonyl (C=O) groups excluding carboxylic acids is 2. The van der Waals surface area contributed by atoms with Crippen LogP contribution < -0.4 is 9.64 Å². The molecule has 1 aliphatic rings. The number of methoxy groups -OCH3 is 1. The first kappa shape index (κ1) is 14.1. The van der Waals surface area contributed by atoms with E-state index >= 15 is 0 Å². The molecule has 3 rings (SSSR count). The molecule has 0 saturated heterocycles. The molecule has 0 fully saturated rings. The number of para-hydroxylation sites is 2. The zero-order valence-corrected chi connectivity index (χ0v) is 12.1. The first-order valence-electron chi connectivity index (χ1n) is 6.93. The molecule has 1 heterocycles. The van der Waals surface area contributed by atoms with E-state index in [1.165, 1.54) is 7.11 Å². The van der Waals surface area contributed by atoms with E-state index in [2.05, 4.69) is 4.74 Å². The maximum atomic E-state index is 12.7. The average molecular weight is 297 g/mol. The molecule has 0 radical (unpaired) electrons. The number of fused-ring (bicyclic) bond motifs is 1. The van der Waals surface area contributed by atoms with Crippen molar-refractivity contribution in [3.05, 3.63) is 59.7 Å². The third-order valence-corrected chi connectivity index (χ3v) is 3.50. The number of ether oxygens (including phenoxy) is 2. The van der Waals surface area contributed by atoms with Crippen LogP contribution in [0.5, 0.6) is 5.75 Å². The van der Waals surface area contributed by atoms with Gasteiger partial charge in [-0.3, -0.25) is 4.79 Å². The Morgan fingerprint density at radius 2 is 1.86 bits per heavy atom. The number of hydrogen-bond acceptors (Lipinski definition) is 4. The lowest BCUT2D eigenvalue weighted by atomic mass is 10.1. The van der Waals surface area contributed by atoms with Crippen LogP contribution >= 0.6 is 0 Å². The highest BCUT2D eigenvalue weighted by molar-refractivity contribution is 6.08. The Kier molecular flexibility index (Phi) is 3.78. The third kappa shape index (κ3) is 2.53. The summed E-state index contributed by atoms with van der Waals surface area (Å²) in [5.74, 6) is 0.0600. The first-order valence-corrected chi connectivity index (χ1v) is 6.93. The summed E-state index contributed by atoms with van der Waals surface area (Å²) in [6, 6.07) is 13.9. The van der Waals surface area contributed by atoms with Crippen LogP contribution in [0.1, 0.15) is 20.7 Å². The van der Waals surface area contributed by atoms with Crippen LogP contribution in [0, 0.1) is 0 Å². The Balaban J connectivity index is 1.94. The zero-order valence-electron chi connectivity index (χ0n) is 12.1. The summed E-state index contributed by atoms with van der Waals surface area (Å²) in [6.45, 7) is 0.914. The fourth-order valence-corrected chi connectivity index (χ4v) is 2.43. The van der Waals surface area contributed by atoms with Gasteiger partial charge in [0, 0.05) is 5.56 Å². The number of hydrogen-bond donors (Lipinski definition) is 0. The molecule has 112 valence electrons. The van der Waals surface area contributed by atoms with Crippen molar-refractivity contribution in [3.63, 3.8) is 0 Å². The predicted octanol–water partition coefficient (Wildman–Crippen LogP) is 2.51. The van der Waals surface area contributed by atoms with Crippen LogP contribution in [0.3, 0.4) is 0 Å². The molecule has 22 heavy (non-hydrogen) atoms.